The normalized spacial score (nSPS) is 25.5. The van der Waals surface area contributed by atoms with Crippen LogP contribution in [0, 0.1) is 12.8 Å². The van der Waals surface area contributed by atoms with Gasteiger partial charge in [0.15, 0.2) is 0 Å². The maximum Gasteiger partial charge on any atom is 0.322 e. The summed E-state index contributed by atoms with van der Waals surface area (Å²) in [6.45, 7) is 2.78. The quantitative estimate of drug-likeness (QED) is 0.800. The van der Waals surface area contributed by atoms with Crippen LogP contribution in [0.5, 0.6) is 0 Å². The number of fused-ring (bicyclic) bond motifs is 3. The number of carbonyl (C=O) groups is 1. The third-order valence-electron chi connectivity index (χ3n) is 4.24. The van der Waals surface area contributed by atoms with Crippen LogP contribution in [-0.4, -0.2) is 28.5 Å². The molecule has 1 aromatic rings. The molecule has 0 atom stereocenters. The molecule has 0 radical (unpaired) electrons. The molecule has 4 nitrogen and oxygen atoms in total. The van der Waals surface area contributed by atoms with Gasteiger partial charge in [-0.3, -0.25) is 0 Å². The summed E-state index contributed by atoms with van der Waals surface area (Å²) in [5, 5.41) is 3.41. The van der Waals surface area contributed by atoms with Crippen LogP contribution >= 0.6 is 11.6 Å². The maximum atomic E-state index is 12.3. The summed E-state index contributed by atoms with van der Waals surface area (Å²) in [6, 6.07) is 2.28. The lowest BCUT2D eigenvalue weighted by molar-refractivity contribution is 0.0816. The third kappa shape index (κ3) is 2.54. The van der Waals surface area contributed by atoms with Crippen molar-refractivity contribution in [2.75, 3.05) is 11.9 Å². The molecule has 19 heavy (non-hydrogen) atoms. The summed E-state index contributed by atoms with van der Waals surface area (Å²) in [5.74, 6) is 0.695. The highest BCUT2D eigenvalue weighted by atomic mass is 35.5. The second-order valence-electron chi connectivity index (χ2n) is 5.59. The second kappa shape index (κ2) is 5.00. The number of aryl methyl sites for hydroxylation is 1. The van der Waals surface area contributed by atoms with Crippen LogP contribution in [0.25, 0.3) is 0 Å². The van der Waals surface area contributed by atoms with E-state index in [9.17, 15) is 4.79 Å². The van der Waals surface area contributed by atoms with Crippen molar-refractivity contribution in [2.45, 2.75) is 38.6 Å². The molecule has 2 bridgehead atoms. The number of urea groups is 1. The number of aromatic nitrogens is 1. The van der Waals surface area contributed by atoms with Gasteiger partial charge in [-0.2, -0.15) is 0 Å². The topological polar surface area (TPSA) is 45.2 Å². The molecule has 102 valence electrons. The molecular formula is C14H18ClN3O. The molecular weight excluding hydrogens is 262 g/mol. The highest BCUT2D eigenvalue weighted by Crippen LogP contribution is 2.35. The number of piperidine rings is 2. The number of nitrogens with zero attached hydrogens (tertiary/aromatic N) is 2. The molecule has 4 rings (SSSR count). The van der Waals surface area contributed by atoms with Gasteiger partial charge in [-0.05, 0) is 50.2 Å². The Balaban J connectivity index is 1.69. The van der Waals surface area contributed by atoms with E-state index in [0.29, 0.717) is 22.8 Å². The van der Waals surface area contributed by atoms with Crippen molar-refractivity contribution in [1.29, 1.82) is 0 Å². The molecule has 0 aromatic carbocycles. The average Bonchev–Trinajstić information content (AvgIpc) is 2.44. The molecule has 3 heterocycles. The van der Waals surface area contributed by atoms with Crippen LogP contribution in [0.3, 0.4) is 0 Å². The fourth-order valence-electron chi connectivity index (χ4n) is 3.14. The molecule has 0 spiro atoms. The van der Waals surface area contributed by atoms with E-state index in [2.05, 4.69) is 10.3 Å². The van der Waals surface area contributed by atoms with Crippen LogP contribution in [-0.2, 0) is 0 Å². The highest BCUT2D eigenvalue weighted by Gasteiger charge is 2.36. The molecule has 1 aliphatic carbocycles. The van der Waals surface area contributed by atoms with E-state index < -0.39 is 0 Å². The summed E-state index contributed by atoms with van der Waals surface area (Å²) in [4.78, 5) is 18.4. The predicted molar refractivity (Wildman–Crippen MR) is 75.5 cm³/mol. The number of nitrogens with one attached hydrogen (secondary N) is 1. The van der Waals surface area contributed by atoms with Crippen molar-refractivity contribution in [3.8, 4) is 0 Å². The average molecular weight is 280 g/mol. The summed E-state index contributed by atoms with van der Waals surface area (Å²) in [5.41, 5.74) is 1.59. The SMILES string of the molecule is Cc1cc(NC(=O)N2CC3CCC2CC3)cnc1Cl. The third-order valence-corrected chi connectivity index (χ3v) is 4.63. The molecule has 3 aliphatic rings. The van der Waals surface area contributed by atoms with Gasteiger partial charge in [-0.15, -0.1) is 0 Å². The summed E-state index contributed by atoms with van der Waals surface area (Å²) >= 11 is 5.88. The zero-order chi connectivity index (χ0) is 13.4. The summed E-state index contributed by atoms with van der Waals surface area (Å²) in [6.07, 6.45) is 6.45. The van der Waals surface area contributed by atoms with Gasteiger partial charge in [0.1, 0.15) is 5.15 Å². The lowest BCUT2D eigenvalue weighted by Crippen LogP contribution is -2.52. The minimum absolute atomic E-state index is 0.00192. The number of hydrogen-bond acceptors (Lipinski definition) is 2. The molecule has 1 aromatic heterocycles. The lowest BCUT2D eigenvalue weighted by atomic mass is 9.80. The molecule has 0 unspecified atom stereocenters. The van der Waals surface area contributed by atoms with Crippen molar-refractivity contribution < 1.29 is 4.79 Å². The first-order valence-electron chi connectivity index (χ1n) is 6.83. The Morgan fingerprint density at radius 3 is 2.74 bits per heavy atom. The van der Waals surface area contributed by atoms with Crippen molar-refractivity contribution in [1.82, 2.24) is 9.88 Å². The number of amides is 2. The van der Waals surface area contributed by atoms with Gasteiger partial charge in [-0.1, -0.05) is 11.6 Å². The highest BCUT2D eigenvalue weighted by molar-refractivity contribution is 6.30. The van der Waals surface area contributed by atoms with Gasteiger partial charge < -0.3 is 10.2 Å². The Bertz CT molecular complexity index is 497. The summed E-state index contributed by atoms with van der Waals surface area (Å²) < 4.78 is 0. The van der Waals surface area contributed by atoms with Crippen LogP contribution in [0.1, 0.15) is 31.2 Å². The minimum atomic E-state index is -0.00192. The van der Waals surface area contributed by atoms with E-state index in [0.717, 1.165) is 24.9 Å². The van der Waals surface area contributed by atoms with Gasteiger partial charge in [0.2, 0.25) is 0 Å². The Hall–Kier alpha value is -1.29. The van der Waals surface area contributed by atoms with E-state index in [1.54, 1.807) is 6.20 Å². The van der Waals surface area contributed by atoms with Crippen LogP contribution in [0.15, 0.2) is 12.3 Å². The first kappa shape index (κ1) is 12.7. The number of halogens is 1. The first-order chi connectivity index (χ1) is 9.13. The standard InChI is InChI=1S/C14H18ClN3O/c1-9-6-11(7-16-13(9)15)17-14(19)18-8-10-2-4-12(18)5-3-10/h6-7,10,12H,2-5,8H2,1H3,(H,17,19). The molecule has 5 heteroatoms. The van der Waals surface area contributed by atoms with E-state index in [4.69, 9.17) is 11.6 Å². The van der Waals surface area contributed by atoms with Gasteiger partial charge in [0, 0.05) is 12.6 Å². The molecule has 2 saturated heterocycles. The van der Waals surface area contributed by atoms with Gasteiger partial charge in [0.25, 0.3) is 0 Å². The van der Waals surface area contributed by atoms with Crippen molar-refractivity contribution in [3.63, 3.8) is 0 Å². The van der Waals surface area contributed by atoms with Crippen molar-refractivity contribution >= 4 is 23.3 Å². The molecule has 2 aliphatic heterocycles. The lowest BCUT2D eigenvalue weighted by Gasteiger charge is -2.45. The van der Waals surface area contributed by atoms with Crippen LogP contribution in [0.4, 0.5) is 10.5 Å². The Morgan fingerprint density at radius 2 is 2.16 bits per heavy atom. The zero-order valence-corrected chi connectivity index (χ0v) is 11.8. The van der Waals surface area contributed by atoms with Crippen molar-refractivity contribution in [2.24, 2.45) is 5.92 Å². The largest absolute Gasteiger partial charge is 0.322 e. The number of pyridine rings is 1. The minimum Gasteiger partial charge on any atom is -0.321 e. The van der Waals surface area contributed by atoms with E-state index >= 15 is 0 Å². The fourth-order valence-corrected chi connectivity index (χ4v) is 3.24. The van der Waals surface area contributed by atoms with Gasteiger partial charge in [0.05, 0.1) is 11.9 Å². The van der Waals surface area contributed by atoms with Gasteiger partial charge in [-0.25, -0.2) is 9.78 Å². The smallest absolute Gasteiger partial charge is 0.321 e. The van der Waals surface area contributed by atoms with Gasteiger partial charge >= 0.3 is 6.03 Å². The van der Waals surface area contributed by atoms with E-state index in [1.807, 2.05) is 17.9 Å². The number of carbonyl (C=O) groups excluding carboxylic acids is 1. The number of rotatable bonds is 1. The monoisotopic (exact) mass is 279 g/mol. The van der Waals surface area contributed by atoms with Crippen LogP contribution in [0.2, 0.25) is 5.15 Å². The first-order valence-corrected chi connectivity index (χ1v) is 7.21. The van der Waals surface area contributed by atoms with Crippen LogP contribution < -0.4 is 5.32 Å². The zero-order valence-electron chi connectivity index (χ0n) is 11.0. The van der Waals surface area contributed by atoms with Crippen molar-refractivity contribution in [3.05, 3.63) is 23.0 Å². The summed E-state index contributed by atoms with van der Waals surface area (Å²) in [7, 11) is 0. The second-order valence-corrected chi connectivity index (χ2v) is 5.95. The number of hydrogen-bond donors (Lipinski definition) is 1. The molecule has 1 saturated carbocycles. The molecule has 1 N–H and O–H groups in total. The van der Waals surface area contributed by atoms with E-state index in [1.165, 1.54) is 12.8 Å². The fraction of sp³-hybridized carbons (Fsp3) is 0.571. The Kier molecular flexibility index (Phi) is 3.35. The molecule has 2 amide bonds. The van der Waals surface area contributed by atoms with E-state index in [-0.39, 0.29) is 6.03 Å². The molecule has 3 fully saturated rings. The number of anilines is 1. The Morgan fingerprint density at radius 1 is 1.42 bits per heavy atom. The maximum absolute atomic E-state index is 12.3. The Labute approximate surface area is 118 Å². The predicted octanol–water partition coefficient (Wildman–Crippen LogP) is 3.45.